The van der Waals surface area contributed by atoms with Crippen LogP contribution >= 0.6 is 0 Å². The van der Waals surface area contributed by atoms with E-state index in [4.69, 9.17) is 5.73 Å². The quantitative estimate of drug-likeness (QED) is 0.897. The van der Waals surface area contributed by atoms with Gasteiger partial charge in [-0.2, -0.15) is 0 Å². The molecule has 3 nitrogen and oxygen atoms in total. The zero-order valence-electron chi connectivity index (χ0n) is 12.3. The molecule has 2 heterocycles. The summed E-state index contributed by atoms with van der Waals surface area (Å²) in [6.07, 6.45) is 6.11. The Balaban J connectivity index is 1.96. The van der Waals surface area contributed by atoms with E-state index >= 15 is 0 Å². The molecule has 0 amide bonds. The Morgan fingerprint density at radius 3 is 3.00 bits per heavy atom. The van der Waals surface area contributed by atoms with E-state index in [1.807, 2.05) is 0 Å². The second-order valence-electron chi connectivity index (χ2n) is 5.82. The zero-order valence-corrected chi connectivity index (χ0v) is 12.3. The fourth-order valence-corrected chi connectivity index (χ4v) is 3.76. The Morgan fingerprint density at radius 1 is 1.35 bits per heavy atom. The number of aromatic nitrogens is 1. The van der Waals surface area contributed by atoms with Crippen molar-refractivity contribution >= 4 is 10.9 Å². The molecule has 20 heavy (non-hydrogen) atoms. The van der Waals surface area contributed by atoms with Crippen molar-refractivity contribution in [3.63, 3.8) is 0 Å². The number of likely N-dealkylation sites (tertiary alicyclic amines) is 1. The van der Waals surface area contributed by atoms with E-state index < -0.39 is 0 Å². The maximum atomic E-state index is 6.16. The number of H-pyrrole nitrogens is 1. The Hall–Kier alpha value is -1.32. The first kappa shape index (κ1) is 13.7. The molecule has 108 valence electrons. The first-order valence-corrected chi connectivity index (χ1v) is 7.85. The summed E-state index contributed by atoms with van der Waals surface area (Å²) in [6, 6.07) is 9.15. The van der Waals surface area contributed by atoms with Crippen LogP contribution < -0.4 is 5.73 Å². The van der Waals surface area contributed by atoms with Crippen molar-refractivity contribution in [2.24, 2.45) is 5.73 Å². The molecule has 3 N–H and O–H groups in total. The summed E-state index contributed by atoms with van der Waals surface area (Å²) in [7, 11) is 0. The molecule has 3 rings (SSSR count). The molecule has 1 saturated heterocycles. The Bertz CT molecular complexity index is 560. The van der Waals surface area contributed by atoms with Gasteiger partial charge in [0.25, 0.3) is 0 Å². The molecule has 2 aromatic rings. The van der Waals surface area contributed by atoms with Crippen LogP contribution in [0, 0.1) is 0 Å². The highest BCUT2D eigenvalue weighted by Crippen LogP contribution is 2.33. The average molecular weight is 271 g/mol. The number of hydrogen-bond acceptors (Lipinski definition) is 2. The van der Waals surface area contributed by atoms with Gasteiger partial charge in [0.05, 0.1) is 0 Å². The molecule has 1 aliphatic rings. The predicted molar refractivity (Wildman–Crippen MR) is 85.0 cm³/mol. The summed E-state index contributed by atoms with van der Waals surface area (Å²) in [5, 5.41) is 1.34. The molecule has 0 aliphatic carbocycles. The highest BCUT2D eigenvalue weighted by molar-refractivity contribution is 5.83. The Morgan fingerprint density at radius 2 is 2.20 bits per heavy atom. The molecule has 0 saturated carbocycles. The normalized spacial score (nSPS) is 22.2. The van der Waals surface area contributed by atoms with Gasteiger partial charge in [0.2, 0.25) is 0 Å². The van der Waals surface area contributed by atoms with E-state index in [2.05, 4.69) is 47.3 Å². The standard InChI is InChI=1S/C17H25N3/c1-2-20-10-6-5-9-17(20)14(11-18)15-12-19-16-8-4-3-7-13(15)16/h3-4,7-8,12,14,17,19H,2,5-6,9-11,18H2,1H3. The number of nitrogens with two attached hydrogens (primary N) is 1. The molecular formula is C17H25N3. The van der Waals surface area contributed by atoms with Crippen molar-refractivity contribution in [2.45, 2.75) is 38.1 Å². The molecule has 1 aromatic carbocycles. The lowest BCUT2D eigenvalue weighted by Crippen LogP contribution is -2.45. The topological polar surface area (TPSA) is 45.0 Å². The maximum absolute atomic E-state index is 6.16. The highest BCUT2D eigenvalue weighted by Gasteiger charge is 2.30. The molecule has 3 heteroatoms. The molecule has 1 aliphatic heterocycles. The molecule has 0 bridgehead atoms. The van der Waals surface area contributed by atoms with E-state index in [1.165, 1.54) is 42.3 Å². The summed E-state index contributed by atoms with van der Waals surface area (Å²) in [5.74, 6) is 0.436. The van der Waals surface area contributed by atoms with Gasteiger partial charge in [0.15, 0.2) is 0 Å². The predicted octanol–water partition coefficient (Wildman–Crippen LogP) is 3.08. The second-order valence-corrected chi connectivity index (χ2v) is 5.82. The van der Waals surface area contributed by atoms with Gasteiger partial charge in [-0.05, 0) is 37.6 Å². The van der Waals surface area contributed by atoms with Crippen LogP contribution in [0.25, 0.3) is 10.9 Å². The van der Waals surface area contributed by atoms with E-state index in [-0.39, 0.29) is 0 Å². The van der Waals surface area contributed by atoms with Gasteiger partial charge < -0.3 is 15.6 Å². The van der Waals surface area contributed by atoms with Gasteiger partial charge >= 0.3 is 0 Å². The molecule has 0 spiro atoms. The van der Waals surface area contributed by atoms with Crippen molar-refractivity contribution in [3.8, 4) is 0 Å². The van der Waals surface area contributed by atoms with Crippen molar-refractivity contribution < 1.29 is 0 Å². The van der Waals surface area contributed by atoms with Crippen LogP contribution in [0.4, 0.5) is 0 Å². The van der Waals surface area contributed by atoms with Crippen LogP contribution in [-0.2, 0) is 0 Å². The second kappa shape index (κ2) is 5.98. The monoisotopic (exact) mass is 271 g/mol. The zero-order chi connectivity index (χ0) is 13.9. The van der Waals surface area contributed by atoms with Crippen molar-refractivity contribution in [1.29, 1.82) is 0 Å². The van der Waals surface area contributed by atoms with Crippen LogP contribution in [0.2, 0.25) is 0 Å². The van der Waals surface area contributed by atoms with Crippen LogP contribution in [0.3, 0.4) is 0 Å². The van der Waals surface area contributed by atoms with E-state index in [0.29, 0.717) is 12.0 Å². The molecule has 2 unspecified atom stereocenters. The third-order valence-electron chi connectivity index (χ3n) is 4.81. The van der Waals surface area contributed by atoms with Gasteiger partial charge in [-0.1, -0.05) is 31.5 Å². The molecular weight excluding hydrogens is 246 g/mol. The fraction of sp³-hybridized carbons (Fsp3) is 0.529. The van der Waals surface area contributed by atoms with Crippen molar-refractivity contribution in [2.75, 3.05) is 19.6 Å². The molecule has 0 radical (unpaired) electrons. The van der Waals surface area contributed by atoms with Gasteiger partial charge in [-0.15, -0.1) is 0 Å². The summed E-state index contributed by atoms with van der Waals surface area (Å²) < 4.78 is 0. The Kier molecular flexibility index (Phi) is 4.08. The minimum atomic E-state index is 0.436. The largest absolute Gasteiger partial charge is 0.361 e. The lowest BCUT2D eigenvalue weighted by molar-refractivity contribution is 0.134. The smallest absolute Gasteiger partial charge is 0.0456 e. The SMILES string of the molecule is CCN1CCCCC1C(CN)c1c[nH]c2ccccc12. The number of piperidine rings is 1. The first-order chi connectivity index (χ1) is 9.85. The third-order valence-corrected chi connectivity index (χ3v) is 4.81. The number of likely N-dealkylation sites (N-methyl/N-ethyl adjacent to an activating group) is 1. The fourth-order valence-electron chi connectivity index (χ4n) is 3.76. The lowest BCUT2D eigenvalue weighted by Gasteiger charge is -2.39. The van der Waals surface area contributed by atoms with Gasteiger partial charge in [0, 0.05) is 35.6 Å². The summed E-state index contributed by atoms with van der Waals surface area (Å²) >= 11 is 0. The number of aromatic amines is 1. The molecule has 1 fully saturated rings. The first-order valence-electron chi connectivity index (χ1n) is 7.85. The maximum Gasteiger partial charge on any atom is 0.0456 e. The van der Waals surface area contributed by atoms with Crippen LogP contribution in [-0.4, -0.2) is 35.6 Å². The van der Waals surface area contributed by atoms with E-state index in [0.717, 1.165) is 13.1 Å². The number of hydrogen-bond donors (Lipinski definition) is 2. The van der Waals surface area contributed by atoms with E-state index in [9.17, 15) is 0 Å². The van der Waals surface area contributed by atoms with Crippen molar-refractivity contribution in [1.82, 2.24) is 9.88 Å². The number of nitrogens with zero attached hydrogens (tertiary/aromatic N) is 1. The van der Waals surface area contributed by atoms with E-state index in [1.54, 1.807) is 0 Å². The summed E-state index contributed by atoms with van der Waals surface area (Å²) in [5.41, 5.74) is 8.78. The minimum absolute atomic E-state index is 0.436. The lowest BCUT2D eigenvalue weighted by atomic mass is 9.85. The van der Waals surface area contributed by atoms with Crippen molar-refractivity contribution in [3.05, 3.63) is 36.0 Å². The van der Waals surface area contributed by atoms with Crippen LogP contribution in [0.15, 0.2) is 30.5 Å². The minimum Gasteiger partial charge on any atom is -0.361 e. The highest BCUT2D eigenvalue weighted by atomic mass is 15.2. The average Bonchev–Trinajstić information content (AvgIpc) is 2.93. The molecule has 1 aromatic heterocycles. The van der Waals surface area contributed by atoms with Crippen LogP contribution in [0.1, 0.15) is 37.7 Å². The number of para-hydroxylation sites is 1. The van der Waals surface area contributed by atoms with Gasteiger partial charge in [-0.25, -0.2) is 0 Å². The van der Waals surface area contributed by atoms with Gasteiger partial charge in [0.1, 0.15) is 0 Å². The third kappa shape index (κ3) is 2.36. The van der Waals surface area contributed by atoms with Gasteiger partial charge in [-0.3, -0.25) is 0 Å². The summed E-state index contributed by atoms with van der Waals surface area (Å²) in [6.45, 7) is 5.34. The Labute approximate surface area is 121 Å². The number of benzene rings is 1. The number of fused-ring (bicyclic) bond motifs is 1. The van der Waals surface area contributed by atoms with Crippen LogP contribution in [0.5, 0.6) is 0 Å². The summed E-state index contributed by atoms with van der Waals surface area (Å²) in [4.78, 5) is 6.01. The number of nitrogens with one attached hydrogen (secondary N) is 1. The molecule has 2 atom stereocenters. The number of rotatable bonds is 4.